The van der Waals surface area contributed by atoms with Crippen LogP contribution in [-0.4, -0.2) is 68.4 Å². The van der Waals surface area contributed by atoms with Gasteiger partial charge in [0.2, 0.25) is 0 Å². The van der Waals surface area contributed by atoms with Crippen LogP contribution in [-0.2, 0) is 4.74 Å². The first-order chi connectivity index (χ1) is 12.2. The standard InChI is InChI=1S/C18H33N5O2/c1-3-25-18(24)22-16(13-4-5-13)12-20-17(19-2)21-14-8-10-23(11-9-14)15-6-7-15/h13-16H,3-12H2,1-2H3,(H,22,24)(H2,19,20,21). The molecule has 3 N–H and O–H groups in total. The number of carbonyl (C=O) groups is 1. The van der Waals surface area contributed by atoms with E-state index in [1.165, 1.54) is 51.6 Å². The molecule has 1 saturated heterocycles. The topological polar surface area (TPSA) is 78.0 Å². The molecule has 0 aromatic carbocycles. The first kappa shape index (κ1) is 18.3. The molecular weight excluding hydrogens is 318 g/mol. The number of likely N-dealkylation sites (tertiary alicyclic amines) is 1. The van der Waals surface area contributed by atoms with Gasteiger partial charge in [-0.2, -0.15) is 0 Å². The third kappa shape index (κ3) is 5.76. The molecule has 0 bridgehead atoms. The van der Waals surface area contributed by atoms with Crippen molar-refractivity contribution in [1.82, 2.24) is 20.9 Å². The van der Waals surface area contributed by atoms with Crippen LogP contribution < -0.4 is 16.0 Å². The van der Waals surface area contributed by atoms with Gasteiger partial charge >= 0.3 is 6.09 Å². The van der Waals surface area contributed by atoms with Gasteiger partial charge in [-0.3, -0.25) is 4.99 Å². The van der Waals surface area contributed by atoms with E-state index in [2.05, 4.69) is 25.8 Å². The van der Waals surface area contributed by atoms with Gasteiger partial charge in [0, 0.05) is 38.8 Å². The van der Waals surface area contributed by atoms with E-state index >= 15 is 0 Å². The molecule has 1 unspecified atom stereocenters. The largest absolute Gasteiger partial charge is 0.450 e. The van der Waals surface area contributed by atoms with E-state index in [0.717, 1.165) is 12.0 Å². The highest BCUT2D eigenvalue weighted by Crippen LogP contribution is 2.32. The maximum atomic E-state index is 11.7. The molecule has 0 aromatic heterocycles. The maximum absolute atomic E-state index is 11.7. The van der Waals surface area contributed by atoms with Crippen LogP contribution in [0.1, 0.15) is 45.4 Å². The molecule has 0 radical (unpaired) electrons. The van der Waals surface area contributed by atoms with Gasteiger partial charge in [0.1, 0.15) is 0 Å². The molecule has 3 rings (SSSR count). The number of piperidine rings is 1. The molecule has 25 heavy (non-hydrogen) atoms. The van der Waals surface area contributed by atoms with Crippen LogP contribution in [0, 0.1) is 5.92 Å². The molecule has 0 aromatic rings. The molecule has 0 spiro atoms. The average Bonchev–Trinajstić information content (AvgIpc) is 3.50. The van der Waals surface area contributed by atoms with Gasteiger partial charge < -0.3 is 25.6 Å². The average molecular weight is 351 g/mol. The monoisotopic (exact) mass is 351 g/mol. The highest BCUT2D eigenvalue weighted by molar-refractivity contribution is 5.80. The molecule has 1 aliphatic heterocycles. The SMILES string of the molecule is CCOC(=O)NC(CNC(=NC)NC1CCN(C2CC2)CC1)C1CC1. The number of guanidine groups is 1. The van der Waals surface area contributed by atoms with Crippen molar-refractivity contribution >= 4 is 12.1 Å². The number of alkyl carbamates (subject to hydrolysis) is 1. The number of ether oxygens (including phenoxy) is 1. The van der Waals surface area contributed by atoms with Crippen LogP contribution in [0.15, 0.2) is 4.99 Å². The molecule has 7 heteroatoms. The summed E-state index contributed by atoms with van der Waals surface area (Å²) in [7, 11) is 1.81. The van der Waals surface area contributed by atoms with E-state index < -0.39 is 0 Å². The first-order valence-corrected chi connectivity index (χ1v) is 9.84. The molecule has 1 atom stereocenters. The lowest BCUT2D eigenvalue weighted by atomic mass is 10.1. The fraction of sp³-hybridized carbons (Fsp3) is 0.889. The van der Waals surface area contributed by atoms with Crippen molar-refractivity contribution in [2.24, 2.45) is 10.9 Å². The van der Waals surface area contributed by atoms with Gasteiger partial charge in [0.15, 0.2) is 5.96 Å². The number of hydrogen-bond donors (Lipinski definition) is 3. The van der Waals surface area contributed by atoms with Crippen LogP contribution in [0.4, 0.5) is 4.79 Å². The van der Waals surface area contributed by atoms with Crippen molar-refractivity contribution in [3.05, 3.63) is 0 Å². The van der Waals surface area contributed by atoms with Crippen molar-refractivity contribution in [3.8, 4) is 0 Å². The van der Waals surface area contributed by atoms with Gasteiger partial charge in [0.05, 0.1) is 12.6 Å². The molecule has 7 nitrogen and oxygen atoms in total. The zero-order chi connectivity index (χ0) is 17.6. The number of hydrogen-bond acceptors (Lipinski definition) is 4. The lowest BCUT2D eigenvalue weighted by molar-refractivity contribution is 0.146. The Bertz CT molecular complexity index is 468. The summed E-state index contributed by atoms with van der Waals surface area (Å²) < 4.78 is 5.01. The molecule has 2 saturated carbocycles. The summed E-state index contributed by atoms with van der Waals surface area (Å²) in [5.74, 6) is 1.39. The van der Waals surface area contributed by atoms with E-state index in [1.807, 2.05) is 6.92 Å². The number of rotatable bonds is 7. The Morgan fingerprint density at radius 3 is 2.48 bits per heavy atom. The Morgan fingerprint density at radius 1 is 1.20 bits per heavy atom. The molecule has 3 fully saturated rings. The van der Waals surface area contributed by atoms with Gasteiger partial charge in [0.25, 0.3) is 0 Å². The zero-order valence-electron chi connectivity index (χ0n) is 15.6. The molecule has 2 aliphatic carbocycles. The quantitative estimate of drug-likeness (QED) is 0.476. The Balaban J connectivity index is 1.39. The summed E-state index contributed by atoms with van der Waals surface area (Å²) in [6.07, 6.45) is 7.13. The smallest absolute Gasteiger partial charge is 0.407 e. The van der Waals surface area contributed by atoms with Gasteiger partial charge in [-0.1, -0.05) is 0 Å². The third-order valence-corrected chi connectivity index (χ3v) is 5.42. The van der Waals surface area contributed by atoms with E-state index in [1.54, 1.807) is 7.05 Å². The fourth-order valence-corrected chi connectivity index (χ4v) is 3.60. The number of aliphatic imine (C=N–C) groups is 1. The minimum Gasteiger partial charge on any atom is -0.450 e. The van der Waals surface area contributed by atoms with Gasteiger partial charge in [-0.25, -0.2) is 4.79 Å². The highest BCUT2D eigenvalue weighted by Gasteiger charge is 2.33. The molecule has 3 aliphatic rings. The lowest BCUT2D eigenvalue weighted by Crippen LogP contribution is -2.52. The normalized spacial score (nSPS) is 23.8. The number of carbonyl (C=O) groups excluding carboxylic acids is 1. The zero-order valence-corrected chi connectivity index (χ0v) is 15.6. The number of amides is 1. The summed E-state index contributed by atoms with van der Waals surface area (Å²) >= 11 is 0. The van der Waals surface area contributed by atoms with E-state index in [4.69, 9.17) is 4.74 Å². The molecule has 142 valence electrons. The minimum atomic E-state index is -0.323. The van der Waals surface area contributed by atoms with Crippen LogP contribution in [0.2, 0.25) is 0 Å². The van der Waals surface area contributed by atoms with Crippen molar-refractivity contribution in [3.63, 3.8) is 0 Å². The Morgan fingerprint density at radius 2 is 1.92 bits per heavy atom. The van der Waals surface area contributed by atoms with Crippen molar-refractivity contribution < 1.29 is 9.53 Å². The van der Waals surface area contributed by atoms with Crippen molar-refractivity contribution in [2.75, 3.05) is 33.3 Å². The first-order valence-electron chi connectivity index (χ1n) is 9.84. The van der Waals surface area contributed by atoms with E-state index in [0.29, 0.717) is 25.1 Å². The minimum absolute atomic E-state index is 0.106. The molecule has 1 amide bonds. The summed E-state index contributed by atoms with van der Waals surface area (Å²) in [5.41, 5.74) is 0. The Kier molecular flexibility index (Phi) is 6.39. The van der Waals surface area contributed by atoms with Crippen LogP contribution in [0.3, 0.4) is 0 Å². The Labute approximate surface area is 151 Å². The summed E-state index contributed by atoms with van der Waals surface area (Å²) in [6, 6.07) is 1.46. The van der Waals surface area contributed by atoms with Crippen molar-refractivity contribution in [1.29, 1.82) is 0 Å². The number of nitrogens with one attached hydrogen (secondary N) is 3. The summed E-state index contributed by atoms with van der Waals surface area (Å²) in [6.45, 7) is 5.29. The summed E-state index contributed by atoms with van der Waals surface area (Å²) in [4.78, 5) is 18.7. The molecular formula is C18H33N5O2. The highest BCUT2D eigenvalue weighted by atomic mass is 16.5. The van der Waals surface area contributed by atoms with Crippen LogP contribution in [0.25, 0.3) is 0 Å². The van der Waals surface area contributed by atoms with Crippen molar-refractivity contribution in [2.45, 2.75) is 63.6 Å². The van der Waals surface area contributed by atoms with Gasteiger partial charge in [-0.15, -0.1) is 0 Å². The third-order valence-electron chi connectivity index (χ3n) is 5.42. The second-order valence-corrected chi connectivity index (χ2v) is 7.45. The lowest BCUT2D eigenvalue weighted by Gasteiger charge is -2.33. The Hall–Kier alpha value is -1.50. The second-order valence-electron chi connectivity index (χ2n) is 7.45. The predicted octanol–water partition coefficient (Wildman–Crippen LogP) is 1.30. The van der Waals surface area contributed by atoms with E-state index in [-0.39, 0.29) is 12.1 Å². The maximum Gasteiger partial charge on any atom is 0.407 e. The predicted molar refractivity (Wildman–Crippen MR) is 98.8 cm³/mol. The van der Waals surface area contributed by atoms with Gasteiger partial charge in [-0.05, 0) is 51.4 Å². The number of nitrogens with zero attached hydrogens (tertiary/aromatic N) is 2. The molecule has 1 heterocycles. The van der Waals surface area contributed by atoms with Crippen LogP contribution in [0.5, 0.6) is 0 Å². The summed E-state index contributed by atoms with van der Waals surface area (Å²) in [5, 5.41) is 9.91. The fourth-order valence-electron chi connectivity index (χ4n) is 3.60. The van der Waals surface area contributed by atoms with Crippen LogP contribution >= 0.6 is 0 Å². The van der Waals surface area contributed by atoms with E-state index in [9.17, 15) is 4.79 Å². The second kappa shape index (κ2) is 8.74.